The predicted octanol–water partition coefficient (Wildman–Crippen LogP) is 2.67. The molecule has 0 spiro atoms. The molecular formula is C16H18ClF4N5O. The number of likely N-dealkylation sites (tertiary alicyclic amines) is 1. The van der Waals surface area contributed by atoms with Gasteiger partial charge in [0, 0.05) is 19.1 Å². The lowest BCUT2D eigenvalue weighted by Gasteiger charge is -2.31. The summed E-state index contributed by atoms with van der Waals surface area (Å²) in [5.74, 6) is -1.74. The highest BCUT2D eigenvalue weighted by Crippen LogP contribution is 2.34. The van der Waals surface area contributed by atoms with Gasteiger partial charge in [0.1, 0.15) is 11.5 Å². The van der Waals surface area contributed by atoms with Crippen molar-refractivity contribution in [1.82, 2.24) is 25.2 Å². The van der Waals surface area contributed by atoms with Gasteiger partial charge in [-0.15, -0.1) is 17.5 Å². The second-order valence-corrected chi connectivity index (χ2v) is 6.00. The summed E-state index contributed by atoms with van der Waals surface area (Å²) in [6.07, 6.45) is -3.66. The third-order valence-electron chi connectivity index (χ3n) is 4.41. The molecule has 6 nitrogen and oxygen atoms in total. The van der Waals surface area contributed by atoms with Crippen LogP contribution in [0.2, 0.25) is 0 Å². The number of halogens is 5. The van der Waals surface area contributed by atoms with E-state index in [1.54, 1.807) is 7.05 Å². The van der Waals surface area contributed by atoms with Crippen molar-refractivity contribution in [3.63, 3.8) is 0 Å². The first-order valence-electron chi connectivity index (χ1n) is 8.07. The summed E-state index contributed by atoms with van der Waals surface area (Å²) in [4.78, 5) is 13.9. The monoisotopic (exact) mass is 407 g/mol. The molecule has 0 aliphatic carbocycles. The molecule has 27 heavy (non-hydrogen) atoms. The third-order valence-corrected chi connectivity index (χ3v) is 4.41. The topological polar surface area (TPSA) is 63.1 Å². The van der Waals surface area contributed by atoms with E-state index in [1.165, 1.54) is 17.0 Å². The zero-order valence-electron chi connectivity index (χ0n) is 14.3. The van der Waals surface area contributed by atoms with E-state index in [0.717, 1.165) is 12.1 Å². The number of carbonyl (C=O) groups is 1. The average molecular weight is 408 g/mol. The molecule has 1 amide bonds. The maximum atomic E-state index is 13.9. The lowest BCUT2D eigenvalue weighted by Crippen LogP contribution is -2.44. The van der Waals surface area contributed by atoms with E-state index in [9.17, 15) is 22.4 Å². The van der Waals surface area contributed by atoms with Crippen LogP contribution in [0.1, 0.15) is 29.0 Å². The fourth-order valence-electron chi connectivity index (χ4n) is 2.99. The number of nitrogens with one attached hydrogen (secondary N) is 1. The Kier molecular flexibility index (Phi) is 6.42. The first-order chi connectivity index (χ1) is 12.3. The molecule has 0 unspecified atom stereocenters. The number of nitrogens with zero attached hydrogens (tertiary/aromatic N) is 4. The molecule has 1 fully saturated rings. The summed E-state index contributed by atoms with van der Waals surface area (Å²) in [7, 11) is 1.80. The Morgan fingerprint density at radius 3 is 2.41 bits per heavy atom. The lowest BCUT2D eigenvalue weighted by atomic mass is 10.0. The van der Waals surface area contributed by atoms with Crippen LogP contribution in [0, 0.1) is 5.82 Å². The first kappa shape index (κ1) is 21.1. The molecule has 1 N–H and O–H groups in total. The van der Waals surface area contributed by atoms with Crippen LogP contribution in [0.5, 0.6) is 0 Å². The number of para-hydroxylation sites is 1. The number of alkyl halides is 3. The molecule has 148 valence electrons. The van der Waals surface area contributed by atoms with Gasteiger partial charge < -0.3 is 10.2 Å². The number of piperidine rings is 1. The van der Waals surface area contributed by atoms with Gasteiger partial charge in [0.25, 0.3) is 5.91 Å². The zero-order valence-corrected chi connectivity index (χ0v) is 15.1. The van der Waals surface area contributed by atoms with Crippen LogP contribution in [-0.2, 0) is 6.18 Å². The number of hydrogen-bond donors (Lipinski definition) is 1. The highest BCUT2D eigenvalue weighted by molar-refractivity contribution is 5.93. The largest absolute Gasteiger partial charge is 0.435 e. The Balaban J connectivity index is 0.00000261. The van der Waals surface area contributed by atoms with E-state index in [2.05, 4.69) is 15.6 Å². The molecule has 0 radical (unpaired) electrons. The summed E-state index contributed by atoms with van der Waals surface area (Å²) < 4.78 is 55.1. The van der Waals surface area contributed by atoms with Crippen LogP contribution < -0.4 is 5.32 Å². The number of carbonyl (C=O) groups excluding carboxylic acids is 1. The molecule has 0 atom stereocenters. The minimum Gasteiger partial charge on any atom is -0.337 e. The molecule has 3 rings (SSSR count). The standard InChI is InChI=1S/C16H17F4N5O.ClH/c1-21-10-6-8-24(9-7-10)15(26)13-14(16(18,19)20)25(23-22-13)12-5-3-2-4-11(12)17;/h2-5,10,21H,6-9H2,1H3;1H. The SMILES string of the molecule is CNC1CCN(C(=O)c2nnn(-c3ccccc3F)c2C(F)(F)F)CC1.Cl. The van der Waals surface area contributed by atoms with Crippen molar-refractivity contribution in [2.24, 2.45) is 0 Å². The maximum Gasteiger partial charge on any atom is 0.435 e. The van der Waals surface area contributed by atoms with E-state index in [1.807, 2.05) is 0 Å². The van der Waals surface area contributed by atoms with Crippen molar-refractivity contribution in [1.29, 1.82) is 0 Å². The number of hydrogen-bond acceptors (Lipinski definition) is 4. The normalized spacial score (nSPS) is 15.5. The van der Waals surface area contributed by atoms with Gasteiger partial charge in [-0.1, -0.05) is 17.3 Å². The Hall–Kier alpha value is -2.20. The molecule has 1 aromatic heterocycles. The first-order valence-corrected chi connectivity index (χ1v) is 8.07. The number of benzene rings is 1. The maximum absolute atomic E-state index is 13.9. The van der Waals surface area contributed by atoms with E-state index >= 15 is 0 Å². The van der Waals surface area contributed by atoms with E-state index < -0.39 is 35.0 Å². The fourth-order valence-corrected chi connectivity index (χ4v) is 2.99. The quantitative estimate of drug-likeness (QED) is 0.795. The Morgan fingerprint density at radius 1 is 1.22 bits per heavy atom. The highest BCUT2D eigenvalue weighted by atomic mass is 35.5. The van der Waals surface area contributed by atoms with Crippen LogP contribution in [0.3, 0.4) is 0 Å². The lowest BCUT2D eigenvalue weighted by molar-refractivity contribution is -0.143. The van der Waals surface area contributed by atoms with Crippen molar-refractivity contribution in [2.45, 2.75) is 25.1 Å². The smallest absolute Gasteiger partial charge is 0.337 e. The van der Waals surface area contributed by atoms with Crippen molar-refractivity contribution in [3.05, 3.63) is 41.5 Å². The highest BCUT2D eigenvalue weighted by Gasteiger charge is 2.43. The third kappa shape index (κ3) is 4.22. The van der Waals surface area contributed by atoms with E-state index in [-0.39, 0.29) is 18.4 Å². The zero-order chi connectivity index (χ0) is 18.9. The summed E-state index contributed by atoms with van der Waals surface area (Å²) in [5.41, 5.74) is -2.60. The van der Waals surface area contributed by atoms with Crippen molar-refractivity contribution in [2.75, 3.05) is 20.1 Å². The summed E-state index contributed by atoms with van der Waals surface area (Å²) in [6.45, 7) is 0.627. The van der Waals surface area contributed by atoms with Gasteiger partial charge in [-0.05, 0) is 32.0 Å². The number of amides is 1. The van der Waals surface area contributed by atoms with Gasteiger partial charge in [-0.2, -0.15) is 13.2 Å². The average Bonchev–Trinajstić information content (AvgIpc) is 3.07. The van der Waals surface area contributed by atoms with Crippen molar-refractivity contribution in [3.8, 4) is 5.69 Å². The molecule has 1 aliphatic heterocycles. The van der Waals surface area contributed by atoms with Gasteiger partial charge >= 0.3 is 6.18 Å². The minimum atomic E-state index is -4.92. The van der Waals surface area contributed by atoms with Gasteiger partial charge in [0.15, 0.2) is 11.4 Å². The molecule has 0 bridgehead atoms. The second-order valence-electron chi connectivity index (χ2n) is 6.00. The molecule has 2 heterocycles. The van der Waals surface area contributed by atoms with Gasteiger partial charge in [-0.25, -0.2) is 9.07 Å². The molecule has 11 heteroatoms. The Bertz CT molecular complexity index is 802. The van der Waals surface area contributed by atoms with Crippen LogP contribution >= 0.6 is 12.4 Å². The Labute approximate surface area is 158 Å². The molecule has 1 aromatic carbocycles. The number of aromatic nitrogens is 3. The summed E-state index contributed by atoms with van der Waals surface area (Å²) >= 11 is 0. The molecule has 1 aliphatic rings. The van der Waals surface area contributed by atoms with Crippen molar-refractivity contribution < 1.29 is 22.4 Å². The summed E-state index contributed by atoms with van der Waals surface area (Å²) in [6, 6.07) is 5.11. The Morgan fingerprint density at radius 2 is 1.85 bits per heavy atom. The van der Waals surface area contributed by atoms with E-state index in [4.69, 9.17) is 0 Å². The molecule has 2 aromatic rings. The molecule has 0 saturated carbocycles. The van der Waals surface area contributed by atoms with Crippen LogP contribution in [0.25, 0.3) is 5.69 Å². The van der Waals surface area contributed by atoms with Gasteiger partial charge in [-0.3, -0.25) is 4.79 Å². The predicted molar refractivity (Wildman–Crippen MR) is 91.6 cm³/mol. The minimum absolute atomic E-state index is 0. The van der Waals surface area contributed by atoms with Crippen LogP contribution in [0.15, 0.2) is 24.3 Å². The van der Waals surface area contributed by atoms with E-state index in [0.29, 0.717) is 30.6 Å². The van der Waals surface area contributed by atoms with Gasteiger partial charge in [0.05, 0.1) is 0 Å². The molecular weight excluding hydrogens is 390 g/mol. The molecule has 1 saturated heterocycles. The number of rotatable bonds is 3. The summed E-state index contributed by atoms with van der Waals surface area (Å²) in [5, 5.41) is 9.92. The second kappa shape index (κ2) is 8.22. The fraction of sp³-hybridized carbons (Fsp3) is 0.438. The van der Waals surface area contributed by atoms with Gasteiger partial charge in [0.2, 0.25) is 0 Å². The van der Waals surface area contributed by atoms with Crippen LogP contribution in [-0.4, -0.2) is 52.0 Å². The van der Waals surface area contributed by atoms with Crippen LogP contribution in [0.4, 0.5) is 17.6 Å². The van der Waals surface area contributed by atoms with Crippen molar-refractivity contribution >= 4 is 18.3 Å².